The number of nitrogens with zero attached hydrogens (tertiary/aromatic N) is 2. The SMILES string of the molecule is CN=C(NCC(c1ccc(F)cc1)N(C)C)NC1CC2CCC1O2. The van der Waals surface area contributed by atoms with Gasteiger partial charge in [0, 0.05) is 13.6 Å². The van der Waals surface area contributed by atoms with Gasteiger partial charge in [-0.3, -0.25) is 4.99 Å². The lowest BCUT2D eigenvalue weighted by Gasteiger charge is -2.27. The third-order valence-corrected chi connectivity index (χ3v) is 4.99. The fraction of sp³-hybridized carbons (Fsp3) is 0.611. The maximum atomic E-state index is 13.2. The number of rotatable bonds is 5. The van der Waals surface area contributed by atoms with E-state index in [1.54, 1.807) is 7.05 Å². The summed E-state index contributed by atoms with van der Waals surface area (Å²) in [5, 5.41) is 6.89. The van der Waals surface area contributed by atoms with Gasteiger partial charge in [-0.25, -0.2) is 4.39 Å². The third-order valence-electron chi connectivity index (χ3n) is 4.99. The zero-order valence-corrected chi connectivity index (χ0v) is 14.6. The van der Waals surface area contributed by atoms with E-state index in [-0.39, 0.29) is 11.9 Å². The van der Waals surface area contributed by atoms with Gasteiger partial charge >= 0.3 is 0 Å². The Kier molecular flexibility index (Phi) is 5.36. The van der Waals surface area contributed by atoms with Crippen molar-refractivity contribution in [1.82, 2.24) is 15.5 Å². The lowest BCUT2D eigenvalue weighted by Crippen LogP contribution is -2.49. The molecule has 24 heavy (non-hydrogen) atoms. The summed E-state index contributed by atoms with van der Waals surface area (Å²) in [5.74, 6) is 0.586. The number of guanidine groups is 1. The molecule has 2 heterocycles. The number of ether oxygens (including phenoxy) is 1. The Morgan fingerprint density at radius 2 is 2.08 bits per heavy atom. The molecular weight excluding hydrogens is 307 g/mol. The van der Waals surface area contributed by atoms with E-state index in [2.05, 4.69) is 20.5 Å². The minimum atomic E-state index is -0.210. The van der Waals surface area contributed by atoms with Crippen LogP contribution in [0.1, 0.15) is 30.9 Å². The van der Waals surface area contributed by atoms with Gasteiger partial charge in [-0.15, -0.1) is 0 Å². The van der Waals surface area contributed by atoms with E-state index in [0.717, 1.165) is 24.4 Å². The molecule has 2 fully saturated rings. The molecule has 132 valence electrons. The Hall–Kier alpha value is -1.66. The predicted molar refractivity (Wildman–Crippen MR) is 93.6 cm³/mol. The normalized spacial score (nSPS) is 27.5. The van der Waals surface area contributed by atoms with Crippen LogP contribution in [0.4, 0.5) is 4.39 Å². The lowest BCUT2D eigenvalue weighted by molar-refractivity contribution is 0.0992. The number of nitrogens with one attached hydrogen (secondary N) is 2. The van der Waals surface area contributed by atoms with Crippen molar-refractivity contribution in [2.75, 3.05) is 27.7 Å². The molecule has 0 amide bonds. The molecule has 1 aromatic carbocycles. The number of benzene rings is 1. The average molecular weight is 334 g/mol. The number of hydrogen-bond acceptors (Lipinski definition) is 3. The highest BCUT2D eigenvalue weighted by Crippen LogP contribution is 2.34. The first-order chi connectivity index (χ1) is 11.6. The van der Waals surface area contributed by atoms with E-state index >= 15 is 0 Å². The number of likely N-dealkylation sites (N-methyl/N-ethyl adjacent to an activating group) is 1. The van der Waals surface area contributed by atoms with Crippen molar-refractivity contribution in [3.63, 3.8) is 0 Å². The Morgan fingerprint density at radius 1 is 1.33 bits per heavy atom. The zero-order chi connectivity index (χ0) is 17.1. The van der Waals surface area contributed by atoms with Crippen LogP contribution in [0.5, 0.6) is 0 Å². The van der Waals surface area contributed by atoms with Crippen LogP contribution in [-0.2, 0) is 4.74 Å². The average Bonchev–Trinajstić information content (AvgIpc) is 3.18. The quantitative estimate of drug-likeness (QED) is 0.638. The number of fused-ring (bicyclic) bond motifs is 2. The molecule has 0 aliphatic carbocycles. The summed E-state index contributed by atoms with van der Waals surface area (Å²) >= 11 is 0. The molecule has 0 spiro atoms. The highest BCUT2D eigenvalue weighted by Gasteiger charge is 2.41. The molecule has 0 radical (unpaired) electrons. The monoisotopic (exact) mass is 334 g/mol. The van der Waals surface area contributed by atoms with Gasteiger partial charge in [-0.2, -0.15) is 0 Å². The summed E-state index contributed by atoms with van der Waals surface area (Å²) in [5.41, 5.74) is 1.08. The molecule has 2 aliphatic heterocycles. The summed E-state index contributed by atoms with van der Waals surface area (Å²) in [4.78, 5) is 6.45. The molecule has 4 unspecified atom stereocenters. The minimum absolute atomic E-state index is 0.139. The van der Waals surface area contributed by atoms with Crippen LogP contribution in [-0.4, -0.2) is 56.8 Å². The first-order valence-electron chi connectivity index (χ1n) is 8.61. The molecule has 6 heteroatoms. The predicted octanol–water partition coefficient (Wildman–Crippen LogP) is 1.91. The van der Waals surface area contributed by atoms with Gasteiger partial charge in [0.05, 0.1) is 24.3 Å². The van der Waals surface area contributed by atoms with Crippen LogP contribution in [0.25, 0.3) is 0 Å². The smallest absolute Gasteiger partial charge is 0.191 e. The fourth-order valence-corrected chi connectivity index (χ4v) is 3.64. The van der Waals surface area contributed by atoms with E-state index in [1.165, 1.54) is 18.6 Å². The molecule has 2 saturated heterocycles. The van der Waals surface area contributed by atoms with Crippen LogP contribution in [0.2, 0.25) is 0 Å². The minimum Gasteiger partial charge on any atom is -0.373 e. The van der Waals surface area contributed by atoms with Crippen LogP contribution in [0, 0.1) is 5.82 Å². The fourth-order valence-electron chi connectivity index (χ4n) is 3.64. The second-order valence-electron chi connectivity index (χ2n) is 6.84. The molecule has 2 bridgehead atoms. The van der Waals surface area contributed by atoms with Crippen molar-refractivity contribution in [2.24, 2.45) is 4.99 Å². The summed E-state index contributed by atoms with van der Waals surface area (Å²) in [6.07, 6.45) is 4.10. The first-order valence-corrected chi connectivity index (χ1v) is 8.61. The number of hydrogen-bond donors (Lipinski definition) is 2. The molecule has 4 atom stereocenters. The van der Waals surface area contributed by atoms with Crippen molar-refractivity contribution in [2.45, 2.75) is 43.6 Å². The Morgan fingerprint density at radius 3 is 2.62 bits per heavy atom. The molecule has 0 saturated carbocycles. The summed E-state index contributed by atoms with van der Waals surface area (Å²) < 4.78 is 19.0. The first kappa shape index (κ1) is 17.2. The van der Waals surface area contributed by atoms with Crippen molar-refractivity contribution in [3.05, 3.63) is 35.6 Å². The van der Waals surface area contributed by atoms with Gasteiger partial charge in [0.1, 0.15) is 5.82 Å². The largest absolute Gasteiger partial charge is 0.373 e. The van der Waals surface area contributed by atoms with Gasteiger partial charge < -0.3 is 20.3 Å². The molecular formula is C18H27FN4O. The molecule has 2 N–H and O–H groups in total. The Balaban J connectivity index is 1.57. The molecule has 0 aromatic heterocycles. The van der Waals surface area contributed by atoms with E-state index < -0.39 is 0 Å². The Bertz CT molecular complexity index is 575. The van der Waals surface area contributed by atoms with Crippen molar-refractivity contribution in [1.29, 1.82) is 0 Å². The highest BCUT2D eigenvalue weighted by molar-refractivity contribution is 5.80. The van der Waals surface area contributed by atoms with Gasteiger partial charge in [-0.05, 0) is 51.1 Å². The van der Waals surface area contributed by atoms with Crippen molar-refractivity contribution < 1.29 is 9.13 Å². The molecule has 1 aromatic rings. The lowest BCUT2D eigenvalue weighted by atomic mass is 9.96. The second kappa shape index (κ2) is 7.49. The van der Waals surface area contributed by atoms with Crippen LogP contribution < -0.4 is 10.6 Å². The van der Waals surface area contributed by atoms with Gasteiger partial charge in [0.2, 0.25) is 0 Å². The van der Waals surface area contributed by atoms with Gasteiger partial charge in [0.15, 0.2) is 5.96 Å². The molecule has 5 nitrogen and oxygen atoms in total. The van der Waals surface area contributed by atoms with Crippen molar-refractivity contribution in [3.8, 4) is 0 Å². The Labute approximate surface area is 143 Å². The van der Waals surface area contributed by atoms with Gasteiger partial charge in [0.25, 0.3) is 0 Å². The van der Waals surface area contributed by atoms with Crippen LogP contribution in [0.3, 0.4) is 0 Å². The van der Waals surface area contributed by atoms with Gasteiger partial charge in [-0.1, -0.05) is 12.1 Å². The molecule has 3 rings (SSSR count). The maximum absolute atomic E-state index is 13.2. The highest BCUT2D eigenvalue weighted by atomic mass is 19.1. The van der Waals surface area contributed by atoms with E-state index in [9.17, 15) is 4.39 Å². The summed E-state index contributed by atoms with van der Waals surface area (Å²) in [6.45, 7) is 0.694. The van der Waals surface area contributed by atoms with Crippen LogP contribution >= 0.6 is 0 Å². The summed E-state index contributed by atoms with van der Waals surface area (Å²) in [7, 11) is 5.83. The van der Waals surface area contributed by atoms with Crippen LogP contribution in [0.15, 0.2) is 29.3 Å². The van der Waals surface area contributed by atoms with E-state index in [4.69, 9.17) is 4.74 Å². The number of halogens is 1. The molecule has 2 aliphatic rings. The third kappa shape index (κ3) is 3.87. The zero-order valence-electron chi connectivity index (χ0n) is 14.6. The van der Waals surface area contributed by atoms with E-state index in [0.29, 0.717) is 24.8 Å². The topological polar surface area (TPSA) is 48.9 Å². The van der Waals surface area contributed by atoms with Crippen molar-refractivity contribution >= 4 is 5.96 Å². The van der Waals surface area contributed by atoms with E-state index in [1.807, 2.05) is 26.2 Å². The standard InChI is InChI=1S/C18H27FN4O/c1-20-18(22-15-10-14-8-9-17(15)24-14)21-11-16(23(2)3)12-4-6-13(19)7-5-12/h4-7,14-17H,8-11H2,1-3H3,(H2,20,21,22). The maximum Gasteiger partial charge on any atom is 0.191 e. The number of aliphatic imine (C=N–C) groups is 1. The second-order valence-corrected chi connectivity index (χ2v) is 6.84. The summed E-state index contributed by atoms with van der Waals surface area (Å²) in [6, 6.07) is 7.17.